The van der Waals surface area contributed by atoms with Gasteiger partial charge in [-0.2, -0.15) is 4.98 Å². The zero-order chi connectivity index (χ0) is 21.2. The Hall–Kier alpha value is -3.02. The number of rotatable bonds is 6. The lowest BCUT2D eigenvalue weighted by Gasteiger charge is -2.23. The van der Waals surface area contributed by atoms with Gasteiger partial charge in [0.2, 0.25) is 0 Å². The number of nitro benzene ring substituents is 1. The smallest absolute Gasteiger partial charge is 0.351 e. The number of benzene rings is 1. The van der Waals surface area contributed by atoms with Crippen molar-refractivity contribution >= 4 is 29.9 Å². The van der Waals surface area contributed by atoms with Crippen LogP contribution in [-0.4, -0.2) is 39.9 Å². The highest BCUT2D eigenvalue weighted by Gasteiger charge is 2.38. The molecule has 2 aromatic rings. The molecule has 2 N–H and O–H groups in total. The Balaban J connectivity index is 0.00000320. The van der Waals surface area contributed by atoms with Crippen LogP contribution >= 0.6 is 12.4 Å². The number of esters is 1. The van der Waals surface area contributed by atoms with Crippen molar-refractivity contribution in [2.75, 3.05) is 18.9 Å². The summed E-state index contributed by atoms with van der Waals surface area (Å²) in [6.45, 7) is 2.89. The summed E-state index contributed by atoms with van der Waals surface area (Å²) in [5.74, 6) is -0.582. The van der Waals surface area contributed by atoms with E-state index in [9.17, 15) is 19.7 Å². The number of ether oxygens (including phenoxy) is 3. The molecular formula is C18H21ClN4O7. The van der Waals surface area contributed by atoms with E-state index in [0.717, 1.165) is 0 Å². The van der Waals surface area contributed by atoms with Crippen molar-refractivity contribution in [3.05, 3.63) is 62.7 Å². The maximum Gasteiger partial charge on any atom is 0.351 e. The van der Waals surface area contributed by atoms with Gasteiger partial charge in [0, 0.05) is 17.8 Å². The molecule has 30 heavy (non-hydrogen) atoms. The average Bonchev–Trinajstić information content (AvgIpc) is 3.14. The molecule has 0 saturated carbocycles. The fraction of sp³-hybridized carbons (Fsp3) is 0.389. The number of nitro groups is 1. The van der Waals surface area contributed by atoms with Gasteiger partial charge >= 0.3 is 11.7 Å². The summed E-state index contributed by atoms with van der Waals surface area (Å²) in [7, 11) is 0. The lowest BCUT2D eigenvalue weighted by atomic mass is 9.83. The van der Waals surface area contributed by atoms with Crippen molar-refractivity contribution < 1.29 is 23.9 Å². The van der Waals surface area contributed by atoms with Gasteiger partial charge in [0.05, 0.1) is 16.9 Å². The van der Waals surface area contributed by atoms with Gasteiger partial charge in [-0.25, -0.2) is 4.79 Å². The van der Waals surface area contributed by atoms with Crippen molar-refractivity contribution in [2.24, 2.45) is 0 Å². The highest BCUT2D eigenvalue weighted by atomic mass is 35.5. The van der Waals surface area contributed by atoms with Crippen LogP contribution in [0.4, 0.5) is 11.5 Å². The second-order valence-electron chi connectivity index (χ2n) is 6.89. The van der Waals surface area contributed by atoms with Crippen molar-refractivity contribution in [3.8, 4) is 0 Å². The van der Waals surface area contributed by atoms with Gasteiger partial charge in [0.25, 0.3) is 5.69 Å². The molecule has 0 bridgehead atoms. The maximum atomic E-state index is 12.6. The van der Waals surface area contributed by atoms with Crippen LogP contribution in [-0.2, 0) is 24.4 Å². The Kier molecular flexibility index (Phi) is 7.13. The highest BCUT2D eigenvalue weighted by Crippen LogP contribution is 2.32. The lowest BCUT2D eigenvalue weighted by molar-refractivity contribution is -0.386. The molecule has 2 atom stereocenters. The zero-order valence-corrected chi connectivity index (χ0v) is 17.0. The summed E-state index contributed by atoms with van der Waals surface area (Å²) in [5.41, 5.74) is 3.67. The van der Waals surface area contributed by atoms with Crippen LogP contribution in [0.25, 0.3) is 0 Å². The number of hydrogen-bond donors (Lipinski definition) is 1. The van der Waals surface area contributed by atoms with E-state index in [1.54, 1.807) is 6.07 Å². The Morgan fingerprint density at radius 2 is 2.10 bits per heavy atom. The second-order valence-corrected chi connectivity index (χ2v) is 6.89. The molecule has 2 heterocycles. The van der Waals surface area contributed by atoms with Gasteiger partial charge in [-0.15, -0.1) is 12.4 Å². The number of para-hydroxylation sites is 1. The monoisotopic (exact) mass is 440 g/mol. The molecule has 0 spiro atoms. The Bertz CT molecular complexity index is 994. The molecule has 1 aromatic carbocycles. The van der Waals surface area contributed by atoms with Gasteiger partial charge < -0.3 is 19.9 Å². The number of aromatic nitrogens is 2. The minimum absolute atomic E-state index is 0. The van der Waals surface area contributed by atoms with E-state index >= 15 is 0 Å². The molecule has 1 aliphatic heterocycles. The molecule has 11 nitrogen and oxygen atoms in total. The minimum Gasteiger partial charge on any atom is -0.460 e. The van der Waals surface area contributed by atoms with Crippen LogP contribution < -0.4 is 11.4 Å². The summed E-state index contributed by atoms with van der Waals surface area (Å²) in [6.07, 6.45) is -0.192. The Labute approximate surface area is 177 Å². The Morgan fingerprint density at radius 1 is 1.40 bits per heavy atom. The topological polar surface area (TPSA) is 149 Å². The summed E-state index contributed by atoms with van der Waals surface area (Å²) < 4.78 is 17.5. The maximum absolute atomic E-state index is 12.6. The number of anilines is 1. The first-order valence-corrected chi connectivity index (χ1v) is 8.73. The number of nitrogens with zero attached hydrogens (tertiary/aromatic N) is 3. The molecule has 2 unspecified atom stereocenters. The van der Waals surface area contributed by atoms with Crippen molar-refractivity contribution in [2.45, 2.75) is 31.8 Å². The summed E-state index contributed by atoms with van der Waals surface area (Å²) in [5, 5.41) is 11.3. The van der Waals surface area contributed by atoms with Crippen molar-refractivity contribution in [3.63, 3.8) is 0 Å². The number of nitrogens with two attached hydrogens (primary N) is 1. The minimum atomic E-state index is -1.26. The normalized spacial score (nSPS) is 18.5. The molecule has 1 fully saturated rings. The average molecular weight is 441 g/mol. The van der Waals surface area contributed by atoms with E-state index in [1.807, 2.05) is 0 Å². The number of halogens is 1. The third-order valence-corrected chi connectivity index (χ3v) is 4.53. The molecular weight excluding hydrogens is 420 g/mol. The molecule has 0 amide bonds. The van der Waals surface area contributed by atoms with E-state index in [0.29, 0.717) is 0 Å². The predicted octanol–water partition coefficient (Wildman–Crippen LogP) is 1.55. The van der Waals surface area contributed by atoms with Gasteiger partial charge in [-0.05, 0) is 19.9 Å². The predicted molar refractivity (Wildman–Crippen MR) is 107 cm³/mol. The van der Waals surface area contributed by atoms with E-state index in [1.165, 1.54) is 48.9 Å². The number of hydrogen-bond acceptors (Lipinski definition) is 9. The molecule has 0 aliphatic carbocycles. The number of carbonyl (C=O) groups excluding carboxylic acids is 1. The van der Waals surface area contributed by atoms with Crippen LogP contribution in [0, 0.1) is 10.1 Å². The third-order valence-electron chi connectivity index (χ3n) is 4.53. The standard InChI is InChI=1S/C18H20N4O7.ClH/c1-18(2,11-5-3-4-6-12(11)22(25)26)16(23)28-10-15-27-9-14(29-15)21-8-7-13(19)20-17(21)24;/h3-8,14-15H,9-10H2,1-2H3,(H2,19,20,24);1H. The first-order chi connectivity index (χ1) is 13.7. The van der Waals surface area contributed by atoms with Gasteiger partial charge in [0.1, 0.15) is 12.4 Å². The molecule has 0 radical (unpaired) electrons. The quantitative estimate of drug-likeness (QED) is 0.401. The number of carbonyl (C=O) groups is 1. The summed E-state index contributed by atoms with van der Waals surface area (Å²) in [4.78, 5) is 38.8. The van der Waals surface area contributed by atoms with E-state index < -0.39 is 34.5 Å². The van der Waals surface area contributed by atoms with Crippen LogP contribution in [0.1, 0.15) is 25.6 Å². The van der Waals surface area contributed by atoms with Crippen LogP contribution in [0.5, 0.6) is 0 Å². The van der Waals surface area contributed by atoms with E-state index in [2.05, 4.69) is 4.98 Å². The second kappa shape index (κ2) is 9.20. The first-order valence-electron chi connectivity index (χ1n) is 8.73. The lowest BCUT2D eigenvalue weighted by Crippen LogP contribution is -2.34. The molecule has 1 aliphatic rings. The van der Waals surface area contributed by atoms with Crippen LogP contribution in [0.3, 0.4) is 0 Å². The van der Waals surface area contributed by atoms with E-state index in [4.69, 9.17) is 19.9 Å². The fourth-order valence-electron chi connectivity index (χ4n) is 2.92. The summed E-state index contributed by atoms with van der Waals surface area (Å²) in [6, 6.07) is 7.43. The molecule has 3 rings (SSSR count). The van der Waals surface area contributed by atoms with Gasteiger partial charge in [-0.1, -0.05) is 18.2 Å². The van der Waals surface area contributed by atoms with Gasteiger partial charge in [0.15, 0.2) is 12.5 Å². The first kappa shape index (κ1) is 23.3. The van der Waals surface area contributed by atoms with Gasteiger partial charge in [-0.3, -0.25) is 19.5 Å². The van der Waals surface area contributed by atoms with Crippen LogP contribution in [0.15, 0.2) is 41.3 Å². The number of nitrogen functional groups attached to an aromatic ring is 1. The molecule has 1 aromatic heterocycles. The highest BCUT2D eigenvalue weighted by molar-refractivity contribution is 5.85. The zero-order valence-electron chi connectivity index (χ0n) is 16.2. The Morgan fingerprint density at radius 3 is 2.77 bits per heavy atom. The largest absolute Gasteiger partial charge is 0.460 e. The molecule has 12 heteroatoms. The van der Waals surface area contributed by atoms with Crippen LogP contribution in [0.2, 0.25) is 0 Å². The van der Waals surface area contributed by atoms with E-state index in [-0.39, 0.29) is 42.7 Å². The molecule has 162 valence electrons. The van der Waals surface area contributed by atoms with Crippen molar-refractivity contribution in [1.29, 1.82) is 0 Å². The third kappa shape index (κ3) is 4.75. The van der Waals surface area contributed by atoms with Crippen molar-refractivity contribution in [1.82, 2.24) is 9.55 Å². The SMILES string of the molecule is CC(C)(C(=O)OCC1OCC(n2ccc(N)nc2=O)O1)c1ccccc1[N+](=O)[O-].Cl. The summed E-state index contributed by atoms with van der Waals surface area (Å²) >= 11 is 0. The molecule has 1 saturated heterocycles. The fourth-order valence-corrected chi connectivity index (χ4v) is 2.92.